The number of benzene rings is 9. The molecule has 1 heterocycles. The van der Waals surface area contributed by atoms with Gasteiger partial charge in [0.2, 0.25) is 0 Å². The summed E-state index contributed by atoms with van der Waals surface area (Å²) in [5.41, 5.74) is 18.8. The van der Waals surface area contributed by atoms with Crippen molar-refractivity contribution >= 4 is 48.6 Å². The van der Waals surface area contributed by atoms with Crippen LogP contribution in [0.2, 0.25) is 0 Å². The predicted octanol–water partition coefficient (Wildman–Crippen LogP) is 17.6. The van der Waals surface area contributed by atoms with Gasteiger partial charge in [0.25, 0.3) is 0 Å². The Morgan fingerprint density at radius 1 is 0.385 bits per heavy atom. The number of hydrogen-bond donors (Lipinski definition) is 0. The Hall–Kier alpha value is -7.00. The molecule has 0 N–H and O–H groups in total. The largest absolute Gasteiger partial charge is 0.308 e. The molecular formula is C63H51NS. The Kier molecular flexibility index (Phi) is 9.16. The van der Waals surface area contributed by atoms with Gasteiger partial charge in [-0.1, -0.05) is 204 Å². The van der Waals surface area contributed by atoms with Crippen molar-refractivity contribution in [2.75, 3.05) is 4.90 Å². The Morgan fingerprint density at radius 3 is 1.69 bits per heavy atom. The van der Waals surface area contributed by atoms with Gasteiger partial charge in [0.15, 0.2) is 0 Å². The molecule has 0 saturated carbocycles. The van der Waals surface area contributed by atoms with Crippen molar-refractivity contribution in [2.45, 2.75) is 56.8 Å². The van der Waals surface area contributed by atoms with Crippen LogP contribution < -0.4 is 4.90 Å². The molecule has 0 saturated heterocycles. The van der Waals surface area contributed by atoms with E-state index >= 15 is 0 Å². The van der Waals surface area contributed by atoms with Gasteiger partial charge in [-0.05, 0) is 121 Å². The van der Waals surface area contributed by atoms with Crippen LogP contribution in [0, 0.1) is 0 Å². The Morgan fingerprint density at radius 2 is 0.969 bits per heavy atom. The molecular weight excluding hydrogens is 803 g/mol. The monoisotopic (exact) mass is 853 g/mol. The second kappa shape index (κ2) is 15.0. The van der Waals surface area contributed by atoms with Crippen LogP contribution in [0.15, 0.2) is 212 Å². The van der Waals surface area contributed by atoms with Crippen LogP contribution in [0.1, 0.15) is 73.9 Å². The molecule has 0 unspecified atom stereocenters. The first kappa shape index (κ1) is 39.6. The van der Waals surface area contributed by atoms with Gasteiger partial charge >= 0.3 is 0 Å². The van der Waals surface area contributed by atoms with Crippen molar-refractivity contribution in [1.82, 2.24) is 0 Å². The van der Waals surface area contributed by atoms with Gasteiger partial charge in [0, 0.05) is 26.7 Å². The van der Waals surface area contributed by atoms with E-state index in [9.17, 15) is 0 Å². The highest BCUT2D eigenvalue weighted by molar-refractivity contribution is 7.26. The van der Waals surface area contributed by atoms with Gasteiger partial charge in [0.05, 0.1) is 21.5 Å². The highest BCUT2D eigenvalue weighted by atomic mass is 32.1. The number of para-hydroxylation sites is 1. The molecule has 12 rings (SSSR count). The molecule has 0 atom stereocenters. The lowest BCUT2D eigenvalue weighted by Crippen LogP contribution is -2.33. The van der Waals surface area contributed by atoms with Gasteiger partial charge in [-0.3, -0.25) is 0 Å². The molecule has 0 amide bonds. The summed E-state index contributed by atoms with van der Waals surface area (Å²) in [5, 5.41) is 2.58. The average Bonchev–Trinajstić information content (AvgIpc) is 3.88. The number of nitrogens with zero attached hydrogens (tertiary/aromatic N) is 1. The molecule has 0 spiro atoms. The normalized spacial score (nSPS) is 15.3. The van der Waals surface area contributed by atoms with Gasteiger partial charge in [-0.25, -0.2) is 0 Å². The minimum Gasteiger partial charge on any atom is -0.308 e. The molecule has 0 bridgehead atoms. The summed E-state index contributed by atoms with van der Waals surface area (Å²) in [4.78, 5) is 2.54. The van der Waals surface area contributed by atoms with Gasteiger partial charge < -0.3 is 4.90 Å². The maximum absolute atomic E-state index is 2.55. The molecule has 10 aromatic rings. The van der Waals surface area contributed by atoms with E-state index in [1.54, 1.807) is 0 Å². The minimum absolute atomic E-state index is 0.142. The highest BCUT2D eigenvalue weighted by Gasteiger charge is 2.47. The smallest absolute Gasteiger partial charge is 0.0714 e. The third-order valence-corrected chi connectivity index (χ3v) is 16.0. The lowest BCUT2D eigenvalue weighted by Gasteiger charge is -2.42. The third-order valence-electron chi connectivity index (χ3n) is 14.8. The fraction of sp³-hybridized carbons (Fsp3) is 0.143. The minimum atomic E-state index is -0.549. The Bertz CT molecular complexity index is 3370. The third kappa shape index (κ3) is 6.18. The summed E-state index contributed by atoms with van der Waals surface area (Å²) < 4.78 is 2.57. The van der Waals surface area contributed by atoms with E-state index in [4.69, 9.17) is 0 Å². The van der Waals surface area contributed by atoms with Crippen LogP contribution >= 0.6 is 11.3 Å². The van der Waals surface area contributed by atoms with Crippen molar-refractivity contribution in [2.24, 2.45) is 0 Å². The number of hydrogen-bond acceptors (Lipinski definition) is 2. The number of anilines is 3. The summed E-state index contributed by atoms with van der Waals surface area (Å²) in [6.07, 6.45) is 2.41. The molecule has 1 aromatic heterocycles. The van der Waals surface area contributed by atoms with E-state index < -0.39 is 5.41 Å². The van der Waals surface area contributed by atoms with Crippen LogP contribution in [0.25, 0.3) is 53.6 Å². The maximum Gasteiger partial charge on any atom is 0.0714 e. The molecule has 9 aromatic carbocycles. The van der Waals surface area contributed by atoms with Crippen LogP contribution in [0.5, 0.6) is 0 Å². The van der Waals surface area contributed by atoms with Crippen LogP contribution in [0.3, 0.4) is 0 Å². The van der Waals surface area contributed by atoms with Crippen molar-refractivity contribution in [3.05, 3.63) is 246 Å². The maximum atomic E-state index is 2.55. The van der Waals surface area contributed by atoms with Crippen molar-refractivity contribution in [1.29, 1.82) is 0 Å². The lowest BCUT2D eigenvalue weighted by atomic mass is 9.63. The number of fused-ring (bicyclic) bond motifs is 7. The Balaban J connectivity index is 1.14. The summed E-state index contributed by atoms with van der Waals surface area (Å²) >= 11 is 1.88. The van der Waals surface area contributed by atoms with E-state index in [0.29, 0.717) is 0 Å². The summed E-state index contributed by atoms with van der Waals surface area (Å²) in [7, 11) is 0. The molecule has 314 valence electrons. The molecule has 0 aliphatic heterocycles. The van der Waals surface area contributed by atoms with Crippen molar-refractivity contribution in [3.63, 3.8) is 0 Å². The zero-order valence-corrected chi connectivity index (χ0v) is 38.3. The van der Waals surface area contributed by atoms with Crippen molar-refractivity contribution < 1.29 is 0 Å². The first-order valence-electron chi connectivity index (χ1n) is 23.1. The summed E-state index contributed by atoms with van der Waals surface area (Å²) in [5.74, 6) is 0. The van der Waals surface area contributed by atoms with E-state index in [1.807, 2.05) is 11.3 Å². The van der Waals surface area contributed by atoms with Crippen LogP contribution in [0.4, 0.5) is 17.1 Å². The van der Waals surface area contributed by atoms with E-state index in [0.717, 1.165) is 11.4 Å². The first-order valence-corrected chi connectivity index (χ1v) is 23.9. The standard InChI is InChI=1S/C63H51NS/c1-61(2)37-38-62(3,4)56-39-44(35-36-54(56)61)42-31-33-43(34-32-42)51-40-52-48-25-14-16-28-53(48)63(45-19-8-5-9-20-45,46-21-10-6-11-22-46)55(52)41-58(51)64(47-23-12-7-13-24-47)57-29-18-27-50-49-26-15-17-30-59(49)65-60(50)57/h5-36,39-41H,37-38H2,1-4H3. The zero-order valence-electron chi connectivity index (χ0n) is 37.5. The predicted molar refractivity (Wildman–Crippen MR) is 277 cm³/mol. The van der Waals surface area contributed by atoms with Gasteiger partial charge in [-0.2, -0.15) is 0 Å². The molecule has 65 heavy (non-hydrogen) atoms. The average molecular weight is 854 g/mol. The zero-order chi connectivity index (χ0) is 43.9. The van der Waals surface area contributed by atoms with E-state index in [2.05, 4.69) is 245 Å². The highest BCUT2D eigenvalue weighted by Crippen LogP contribution is 2.59. The number of thiophene rings is 1. The van der Waals surface area contributed by atoms with E-state index in [-0.39, 0.29) is 10.8 Å². The second-order valence-corrected chi connectivity index (χ2v) is 20.5. The molecule has 0 radical (unpaired) electrons. The molecule has 0 fully saturated rings. The lowest BCUT2D eigenvalue weighted by molar-refractivity contribution is 0.332. The molecule has 2 aliphatic carbocycles. The topological polar surface area (TPSA) is 3.24 Å². The van der Waals surface area contributed by atoms with Crippen LogP contribution in [-0.2, 0) is 16.2 Å². The SMILES string of the molecule is CC1(C)CCC(C)(C)c2cc(-c3ccc(-c4cc5c(cc4N(c4ccccc4)c4cccc6c4sc4ccccc46)C(c4ccccc4)(c4ccccc4)c4ccccc4-5)cc3)ccc21. The van der Waals surface area contributed by atoms with Crippen molar-refractivity contribution in [3.8, 4) is 33.4 Å². The quantitative estimate of drug-likeness (QED) is 0.154. The molecule has 2 heteroatoms. The summed E-state index contributed by atoms with van der Waals surface area (Å²) in [6.45, 7) is 9.66. The molecule has 2 aliphatic rings. The second-order valence-electron chi connectivity index (χ2n) is 19.5. The fourth-order valence-corrected chi connectivity index (χ4v) is 12.6. The molecule has 1 nitrogen and oxygen atoms in total. The van der Waals surface area contributed by atoms with Gasteiger partial charge in [0.1, 0.15) is 0 Å². The fourth-order valence-electron chi connectivity index (χ4n) is 11.4. The van der Waals surface area contributed by atoms with Gasteiger partial charge in [-0.15, -0.1) is 11.3 Å². The summed E-state index contributed by atoms with van der Waals surface area (Å²) in [6, 6.07) is 79.9. The first-order chi connectivity index (χ1) is 31.7. The number of rotatable bonds is 7. The van der Waals surface area contributed by atoms with E-state index in [1.165, 1.54) is 105 Å². The Labute approximate surface area is 387 Å². The van der Waals surface area contributed by atoms with Crippen LogP contribution in [-0.4, -0.2) is 0 Å².